The van der Waals surface area contributed by atoms with Crippen molar-refractivity contribution in [3.8, 4) is 0 Å². The molecular formula is C17H23N5O4S. The number of anilines is 1. The van der Waals surface area contributed by atoms with Crippen molar-refractivity contribution in [3.63, 3.8) is 0 Å². The number of amides is 2. The Labute approximate surface area is 161 Å². The van der Waals surface area contributed by atoms with Gasteiger partial charge in [-0.15, -0.1) is 0 Å². The molecule has 0 aromatic carbocycles. The zero-order valence-corrected chi connectivity index (χ0v) is 16.6. The number of rotatable bonds is 4. The molecule has 27 heavy (non-hydrogen) atoms. The first-order valence-electron chi connectivity index (χ1n) is 8.75. The van der Waals surface area contributed by atoms with E-state index in [9.17, 15) is 9.59 Å². The number of hydrogen-bond acceptors (Lipinski definition) is 8. The molecule has 0 radical (unpaired) electrons. The molecule has 1 aliphatic heterocycles. The van der Waals surface area contributed by atoms with Crippen LogP contribution in [0.4, 0.5) is 5.13 Å². The molecule has 9 nitrogen and oxygen atoms in total. The minimum absolute atomic E-state index is 0.00229. The summed E-state index contributed by atoms with van der Waals surface area (Å²) in [6.07, 6.45) is 0. The number of aryl methyl sites for hydroxylation is 2. The largest absolute Gasteiger partial charge is 0.378 e. The molecule has 1 aliphatic rings. The molecule has 2 aromatic rings. The van der Waals surface area contributed by atoms with E-state index in [1.807, 2.05) is 13.8 Å². The van der Waals surface area contributed by atoms with Crippen LogP contribution in [0.2, 0.25) is 0 Å². The summed E-state index contributed by atoms with van der Waals surface area (Å²) in [6, 6.07) is 0. The Hall–Kier alpha value is -2.46. The maximum atomic E-state index is 12.5. The normalized spacial score (nSPS) is 14.5. The molecule has 1 saturated heterocycles. The average molecular weight is 393 g/mol. The van der Waals surface area contributed by atoms with E-state index in [0.717, 1.165) is 18.2 Å². The Bertz CT molecular complexity index is 838. The summed E-state index contributed by atoms with van der Waals surface area (Å²) in [7, 11) is 0. The van der Waals surface area contributed by atoms with E-state index in [0.29, 0.717) is 40.8 Å². The fraction of sp³-hybridized carbons (Fsp3) is 0.529. The Morgan fingerprint density at radius 1 is 1.11 bits per heavy atom. The van der Waals surface area contributed by atoms with Gasteiger partial charge < -0.3 is 14.2 Å². The highest BCUT2D eigenvalue weighted by Crippen LogP contribution is 2.26. The van der Waals surface area contributed by atoms with Crippen LogP contribution in [0, 0.1) is 13.8 Å². The number of morpholine rings is 1. The molecule has 2 N–H and O–H groups in total. The number of nitrogens with one attached hydrogen (secondary N) is 2. The molecule has 0 atom stereocenters. The second-order valence-electron chi connectivity index (χ2n) is 6.58. The van der Waals surface area contributed by atoms with Gasteiger partial charge in [0.1, 0.15) is 10.4 Å². The molecule has 1 fully saturated rings. The van der Waals surface area contributed by atoms with Gasteiger partial charge in [0, 0.05) is 19.0 Å². The highest BCUT2D eigenvalue weighted by atomic mass is 32.1. The van der Waals surface area contributed by atoms with Gasteiger partial charge in [-0.05, 0) is 13.8 Å². The smallest absolute Gasteiger partial charge is 0.281 e. The monoisotopic (exact) mass is 393 g/mol. The molecule has 2 amide bonds. The quantitative estimate of drug-likeness (QED) is 0.762. The van der Waals surface area contributed by atoms with Gasteiger partial charge in [0.25, 0.3) is 11.8 Å². The van der Waals surface area contributed by atoms with Gasteiger partial charge in [-0.2, -0.15) is 0 Å². The first-order chi connectivity index (χ1) is 12.9. The second-order valence-corrected chi connectivity index (χ2v) is 7.56. The van der Waals surface area contributed by atoms with Crippen molar-refractivity contribution in [2.45, 2.75) is 33.6 Å². The zero-order chi connectivity index (χ0) is 19.6. The molecule has 146 valence electrons. The molecule has 0 aliphatic carbocycles. The summed E-state index contributed by atoms with van der Waals surface area (Å²) in [5.74, 6) is -0.371. The lowest BCUT2D eigenvalue weighted by atomic mass is 10.1. The molecule has 0 spiro atoms. The number of hydrazine groups is 1. The highest BCUT2D eigenvalue weighted by molar-refractivity contribution is 7.17. The van der Waals surface area contributed by atoms with Gasteiger partial charge in [0.15, 0.2) is 10.9 Å². The van der Waals surface area contributed by atoms with Gasteiger partial charge in [0.2, 0.25) is 0 Å². The first-order valence-corrected chi connectivity index (χ1v) is 9.57. The van der Waals surface area contributed by atoms with Gasteiger partial charge in [-0.25, -0.2) is 4.98 Å². The number of thiazole rings is 1. The molecule has 3 heterocycles. The van der Waals surface area contributed by atoms with Gasteiger partial charge in [-0.1, -0.05) is 30.3 Å². The number of carbonyl (C=O) groups excluding carboxylic acids is 2. The van der Waals surface area contributed by atoms with Crippen molar-refractivity contribution in [3.05, 3.63) is 27.6 Å². The van der Waals surface area contributed by atoms with Crippen molar-refractivity contribution < 1.29 is 18.8 Å². The van der Waals surface area contributed by atoms with Crippen molar-refractivity contribution in [2.75, 3.05) is 31.2 Å². The van der Waals surface area contributed by atoms with E-state index in [1.165, 1.54) is 11.3 Å². The second kappa shape index (κ2) is 8.05. The number of nitrogens with zero attached hydrogens (tertiary/aromatic N) is 3. The van der Waals surface area contributed by atoms with Crippen LogP contribution in [0.3, 0.4) is 0 Å². The topological polar surface area (TPSA) is 110 Å². The van der Waals surface area contributed by atoms with E-state index in [1.54, 1.807) is 13.8 Å². The standard InChI is InChI=1S/C17H23N5O4S/c1-9(2)13-12(10(3)21-26-13)15(23)19-20-16(24)14-11(4)18-17(27-14)22-5-7-25-8-6-22/h9H,5-8H2,1-4H3,(H,19,23)(H,20,24). The third-order valence-corrected chi connectivity index (χ3v) is 5.42. The number of ether oxygens (including phenoxy) is 1. The van der Waals surface area contributed by atoms with Gasteiger partial charge >= 0.3 is 0 Å². The van der Waals surface area contributed by atoms with Crippen LogP contribution in [-0.2, 0) is 4.74 Å². The summed E-state index contributed by atoms with van der Waals surface area (Å²) >= 11 is 1.30. The Kier molecular flexibility index (Phi) is 5.76. The van der Waals surface area contributed by atoms with E-state index in [-0.39, 0.29) is 5.92 Å². The Morgan fingerprint density at radius 3 is 2.44 bits per heavy atom. The summed E-state index contributed by atoms with van der Waals surface area (Å²) in [6.45, 7) is 10.1. The maximum absolute atomic E-state index is 12.5. The van der Waals surface area contributed by atoms with Gasteiger partial charge in [0.05, 0.1) is 24.6 Å². The number of carbonyl (C=O) groups is 2. The molecule has 3 rings (SSSR count). The minimum atomic E-state index is -0.457. The van der Waals surface area contributed by atoms with Crippen LogP contribution in [0.1, 0.15) is 56.9 Å². The summed E-state index contributed by atoms with van der Waals surface area (Å²) < 4.78 is 10.5. The van der Waals surface area contributed by atoms with Crippen molar-refractivity contribution >= 4 is 28.3 Å². The number of hydrogen-bond donors (Lipinski definition) is 2. The molecular weight excluding hydrogens is 370 g/mol. The summed E-state index contributed by atoms with van der Waals surface area (Å²) in [5, 5.41) is 4.62. The summed E-state index contributed by atoms with van der Waals surface area (Å²) in [5.41, 5.74) is 6.35. The first kappa shape index (κ1) is 19.3. The van der Waals surface area contributed by atoms with Crippen molar-refractivity contribution in [2.24, 2.45) is 0 Å². The molecule has 0 bridgehead atoms. The molecule has 2 aromatic heterocycles. The lowest BCUT2D eigenvalue weighted by molar-refractivity contribution is 0.0846. The molecule has 0 saturated carbocycles. The van der Waals surface area contributed by atoms with Crippen LogP contribution in [0.5, 0.6) is 0 Å². The predicted molar refractivity (Wildman–Crippen MR) is 100 cm³/mol. The highest BCUT2D eigenvalue weighted by Gasteiger charge is 2.24. The van der Waals surface area contributed by atoms with E-state index < -0.39 is 11.8 Å². The predicted octanol–water partition coefficient (Wildman–Crippen LogP) is 1.78. The lowest BCUT2D eigenvalue weighted by Gasteiger charge is -2.25. The SMILES string of the molecule is Cc1nc(N2CCOCC2)sc1C(=O)NNC(=O)c1c(C)noc1C(C)C. The lowest BCUT2D eigenvalue weighted by Crippen LogP contribution is -2.42. The van der Waals surface area contributed by atoms with Crippen molar-refractivity contribution in [1.82, 2.24) is 21.0 Å². The summed E-state index contributed by atoms with van der Waals surface area (Å²) in [4.78, 5) is 32.0. The molecule has 10 heteroatoms. The Balaban J connectivity index is 1.67. The minimum Gasteiger partial charge on any atom is -0.378 e. The van der Waals surface area contributed by atoms with E-state index in [4.69, 9.17) is 9.26 Å². The van der Waals surface area contributed by atoms with Crippen LogP contribution >= 0.6 is 11.3 Å². The third kappa shape index (κ3) is 4.11. The van der Waals surface area contributed by atoms with Gasteiger partial charge in [-0.3, -0.25) is 20.4 Å². The van der Waals surface area contributed by atoms with Crippen LogP contribution in [0.15, 0.2) is 4.52 Å². The van der Waals surface area contributed by atoms with Crippen LogP contribution in [-0.4, -0.2) is 48.3 Å². The van der Waals surface area contributed by atoms with Crippen LogP contribution < -0.4 is 15.8 Å². The van der Waals surface area contributed by atoms with Crippen molar-refractivity contribution in [1.29, 1.82) is 0 Å². The fourth-order valence-corrected chi connectivity index (χ4v) is 3.79. The third-order valence-electron chi connectivity index (χ3n) is 4.20. The fourth-order valence-electron chi connectivity index (χ4n) is 2.77. The van der Waals surface area contributed by atoms with E-state index >= 15 is 0 Å². The Morgan fingerprint density at radius 2 is 1.78 bits per heavy atom. The molecule has 0 unspecified atom stereocenters. The number of aromatic nitrogens is 2. The maximum Gasteiger partial charge on any atom is 0.281 e. The zero-order valence-electron chi connectivity index (χ0n) is 15.8. The average Bonchev–Trinajstić information content (AvgIpc) is 3.23. The van der Waals surface area contributed by atoms with Crippen LogP contribution in [0.25, 0.3) is 0 Å². The van der Waals surface area contributed by atoms with E-state index in [2.05, 4.69) is 25.9 Å².